The second-order valence-electron chi connectivity index (χ2n) is 6.01. The molecule has 2 aromatic carbocycles. The van der Waals surface area contributed by atoms with Crippen molar-refractivity contribution in [1.29, 1.82) is 0 Å². The van der Waals surface area contributed by atoms with Gasteiger partial charge in [-0.3, -0.25) is 9.69 Å². The van der Waals surface area contributed by atoms with Gasteiger partial charge in [0, 0.05) is 28.8 Å². The number of halogens is 2. The quantitative estimate of drug-likeness (QED) is 0.676. The van der Waals surface area contributed by atoms with Crippen molar-refractivity contribution >= 4 is 67.5 Å². The standard InChI is InChI=1S/C18H14Cl2N4O2S/c19-11-2-1-3-13(8-11)24-7-6-23(18(24)26)10-16(25)22-17-21-14-5-4-12(20)9-15(14)27-17/h1-5,8-9H,6-7,10H2,(H,21,22,25). The number of fused-ring (bicyclic) bond motifs is 1. The van der Waals surface area contributed by atoms with Gasteiger partial charge in [-0.15, -0.1) is 0 Å². The van der Waals surface area contributed by atoms with Crippen LogP contribution in [0.5, 0.6) is 0 Å². The molecular weight excluding hydrogens is 407 g/mol. The Labute approximate surface area is 169 Å². The van der Waals surface area contributed by atoms with Gasteiger partial charge in [0.15, 0.2) is 5.13 Å². The third kappa shape index (κ3) is 3.85. The van der Waals surface area contributed by atoms with Crippen LogP contribution in [0.1, 0.15) is 0 Å². The number of rotatable bonds is 4. The van der Waals surface area contributed by atoms with Crippen LogP contribution < -0.4 is 10.2 Å². The van der Waals surface area contributed by atoms with Crippen molar-refractivity contribution in [2.24, 2.45) is 0 Å². The molecule has 2 heterocycles. The maximum atomic E-state index is 12.6. The first-order valence-corrected chi connectivity index (χ1v) is 9.75. The highest BCUT2D eigenvalue weighted by atomic mass is 35.5. The highest BCUT2D eigenvalue weighted by Gasteiger charge is 2.31. The summed E-state index contributed by atoms with van der Waals surface area (Å²) in [4.78, 5) is 32.4. The Kier molecular flexibility index (Phi) is 4.90. The number of nitrogens with one attached hydrogen (secondary N) is 1. The van der Waals surface area contributed by atoms with E-state index in [0.29, 0.717) is 28.3 Å². The lowest BCUT2D eigenvalue weighted by atomic mass is 10.3. The summed E-state index contributed by atoms with van der Waals surface area (Å²) in [6.45, 7) is 0.937. The third-order valence-corrected chi connectivity index (χ3v) is 5.55. The zero-order valence-electron chi connectivity index (χ0n) is 14.0. The van der Waals surface area contributed by atoms with Crippen LogP contribution in [0.2, 0.25) is 10.0 Å². The smallest absolute Gasteiger partial charge is 0.313 e. The van der Waals surface area contributed by atoms with E-state index in [9.17, 15) is 9.59 Å². The van der Waals surface area contributed by atoms with E-state index in [2.05, 4.69) is 10.3 Å². The van der Waals surface area contributed by atoms with Gasteiger partial charge in [0.25, 0.3) is 0 Å². The van der Waals surface area contributed by atoms with Crippen LogP contribution in [-0.4, -0.2) is 41.5 Å². The number of benzene rings is 2. The van der Waals surface area contributed by atoms with E-state index in [4.69, 9.17) is 23.2 Å². The summed E-state index contributed by atoms with van der Waals surface area (Å²) in [6, 6.07) is 12.2. The van der Waals surface area contributed by atoms with Gasteiger partial charge in [-0.05, 0) is 36.4 Å². The fourth-order valence-electron chi connectivity index (χ4n) is 2.90. The summed E-state index contributed by atoms with van der Waals surface area (Å²) in [7, 11) is 0. The van der Waals surface area contributed by atoms with Crippen molar-refractivity contribution in [2.75, 3.05) is 29.9 Å². The normalized spacial score (nSPS) is 14.2. The van der Waals surface area contributed by atoms with Gasteiger partial charge in [-0.25, -0.2) is 9.78 Å². The second kappa shape index (κ2) is 7.34. The molecule has 0 unspecified atom stereocenters. The van der Waals surface area contributed by atoms with Gasteiger partial charge >= 0.3 is 6.03 Å². The Bertz CT molecular complexity index is 1040. The molecule has 1 saturated heterocycles. The lowest BCUT2D eigenvalue weighted by Crippen LogP contribution is -2.37. The predicted octanol–water partition coefficient (Wildman–Crippen LogP) is 4.48. The van der Waals surface area contributed by atoms with Crippen molar-refractivity contribution in [3.63, 3.8) is 0 Å². The molecule has 9 heteroatoms. The molecule has 4 rings (SSSR count). The van der Waals surface area contributed by atoms with Gasteiger partial charge in [0.1, 0.15) is 6.54 Å². The van der Waals surface area contributed by atoms with Crippen LogP contribution in [0.3, 0.4) is 0 Å². The van der Waals surface area contributed by atoms with Gasteiger partial charge in [0.05, 0.1) is 10.2 Å². The topological polar surface area (TPSA) is 65.5 Å². The van der Waals surface area contributed by atoms with Crippen LogP contribution in [0, 0.1) is 0 Å². The number of anilines is 2. The Balaban J connectivity index is 1.41. The Hall–Kier alpha value is -2.35. The van der Waals surface area contributed by atoms with Crippen LogP contribution in [-0.2, 0) is 4.79 Å². The second-order valence-corrected chi connectivity index (χ2v) is 7.92. The Morgan fingerprint density at radius 3 is 2.78 bits per heavy atom. The van der Waals surface area contributed by atoms with E-state index >= 15 is 0 Å². The lowest BCUT2D eigenvalue weighted by Gasteiger charge is -2.18. The summed E-state index contributed by atoms with van der Waals surface area (Å²) >= 11 is 13.3. The number of aromatic nitrogens is 1. The molecule has 0 radical (unpaired) electrons. The maximum Gasteiger partial charge on any atom is 0.325 e. The van der Waals surface area contributed by atoms with Gasteiger partial charge in [0.2, 0.25) is 5.91 Å². The molecule has 0 bridgehead atoms. The summed E-state index contributed by atoms with van der Waals surface area (Å²) < 4.78 is 0.891. The van der Waals surface area contributed by atoms with E-state index < -0.39 is 0 Å². The minimum absolute atomic E-state index is 0.0351. The van der Waals surface area contributed by atoms with Crippen molar-refractivity contribution in [3.8, 4) is 0 Å². The molecule has 0 atom stereocenters. The van der Waals surface area contributed by atoms with Crippen LogP contribution in [0.25, 0.3) is 10.2 Å². The van der Waals surface area contributed by atoms with Crippen LogP contribution >= 0.6 is 34.5 Å². The fourth-order valence-corrected chi connectivity index (χ4v) is 4.24. The van der Waals surface area contributed by atoms with Crippen molar-refractivity contribution in [2.45, 2.75) is 0 Å². The summed E-state index contributed by atoms with van der Waals surface area (Å²) in [6.07, 6.45) is 0. The first-order chi connectivity index (χ1) is 13.0. The molecule has 0 saturated carbocycles. The van der Waals surface area contributed by atoms with Crippen LogP contribution in [0.4, 0.5) is 15.6 Å². The zero-order chi connectivity index (χ0) is 19.0. The first-order valence-electron chi connectivity index (χ1n) is 8.17. The third-order valence-electron chi connectivity index (χ3n) is 4.15. The van der Waals surface area contributed by atoms with Gasteiger partial charge in [-0.1, -0.05) is 40.6 Å². The predicted molar refractivity (Wildman–Crippen MR) is 109 cm³/mol. The van der Waals surface area contributed by atoms with Crippen molar-refractivity contribution < 1.29 is 9.59 Å². The monoisotopic (exact) mass is 420 g/mol. The molecule has 1 N–H and O–H groups in total. The average molecular weight is 421 g/mol. The SMILES string of the molecule is O=C(CN1CCN(c2cccc(Cl)c2)C1=O)Nc1nc2ccc(Cl)cc2s1. The number of hydrogen-bond donors (Lipinski definition) is 1. The molecule has 1 fully saturated rings. The number of amides is 3. The van der Waals surface area contributed by atoms with Crippen molar-refractivity contribution in [3.05, 3.63) is 52.5 Å². The van der Waals surface area contributed by atoms with E-state index in [-0.39, 0.29) is 18.5 Å². The largest absolute Gasteiger partial charge is 0.325 e. The summed E-state index contributed by atoms with van der Waals surface area (Å²) in [5.74, 6) is -0.290. The molecule has 138 valence electrons. The fraction of sp³-hybridized carbons (Fsp3) is 0.167. The highest BCUT2D eigenvalue weighted by Crippen LogP contribution is 2.28. The molecular formula is C18H14Cl2N4O2S. The molecule has 1 aromatic heterocycles. The highest BCUT2D eigenvalue weighted by molar-refractivity contribution is 7.22. The Morgan fingerprint density at radius 1 is 1.15 bits per heavy atom. The number of urea groups is 1. The first kappa shape index (κ1) is 18.0. The van der Waals surface area contributed by atoms with Gasteiger partial charge < -0.3 is 10.2 Å². The molecule has 3 aromatic rings. The molecule has 0 aliphatic carbocycles. The van der Waals surface area contributed by atoms with Gasteiger partial charge in [-0.2, -0.15) is 0 Å². The van der Waals surface area contributed by atoms with Crippen LogP contribution in [0.15, 0.2) is 42.5 Å². The minimum Gasteiger partial charge on any atom is -0.313 e. The number of nitrogens with zero attached hydrogens (tertiary/aromatic N) is 3. The molecule has 6 nitrogen and oxygen atoms in total. The van der Waals surface area contributed by atoms with Crippen molar-refractivity contribution in [1.82, 2.24) is 9.88 Å². The molecule has 1 aliphatic heterocycles. The number of thiazole rings is 1. The van der Waals surface area contributed by atoms with E-state index in [0.717, 1.165) is 15.9 Å². The Morgan fingerprint density at radius 2 is 1.96 bits per heavy atom. The number of hydrogen-bond acceptors (Lipinski definition) is 4. The minimum atomic E-state index is -0.290. The zero-order valence-corrected chi connectivity index (χ0v) is 16.3. The number of carbonyl (C=O) groups is 2. The summed E-state index contributed by atoms with van der Waals surface area (Å²) in [5, 5.41) is 4.42. The molecule has 1 aliphatic rings. The number of carbonyl (C=O) groups excluding carboxylic acids is 2. The summed E-state index contributed by atoms with van der Waals surface area (Å²) in [5.41, 5.74) is 1.49. The maximum absolute atomic E-state index is 12.6. The lowest BCUT2D eigenvalue weighted by molar-refractivity contribution is -0.116. The molecule has 27 heavy (non-hydrogen) atoms. The molecule has 3 amide bonds. The van der Waals surface area contributed by atoms with E-state index in [1.54, 1.807) is 41.3 Å². The van der Waals surface area contributed by atoms with E-state index in [1.165, 1.54) is 16.2 Å². The van der Waals surface area contributed by atoms with E-state index in [1.807, 2.05) is 6.07 Å². The molecule has 0 spiro atoms. The average Bonchev–Trinajstić information content (AvgIpc) is 3.17.